The number of imidazole rings is 1. The first-order chi connectivity index (χ1) is 12.2. The molecule has 0 spiro atoms. The van der Waals surface area contributed by atoms with Crippen LogP contribution in [0.4, 0.5) is 6.01 Å². The van der Waals surface area contributed by atoms with E-state index in [1.54, 1.807) is 13.3 Å². The highest BCUT2D eigenvalue weighted by Crippen LogP contribution is 2.36. The minimum atomic E-state index is -0.158. The lowest BCUT2D eigenvalue weighted by molar-refractivity contribution is 0.476. The number of fused-ring (bicyclic) bond motifs is 2. The van der Waals surface area contributed by atoms with Gasteiger partial charge in [-0.1, -0.05) is 11.2 Å². The minimum Gasteiger partial charge on any atom is -0.408 e. The first-order valence-corrected chi connectivity index (χ1v) is 8.25. The number of rotatable bonds is 2. The van der Waals surface area contributed by atoms with Gasteiger partial charge in [0.15, 0.2) is 0 Å². The molecule has 0 amide bonds. The quantitative estimate of drug-likeness (QED) is 0.604. The van der Waals surface area contributed by atoms with E-state index in [0.29, 0.717) is 11.9 Å². The molecule has 4 aromatic rings. The van der Waals surface area contributed by atoms with Crippen molar-refractivity contribution in [2.24, 2.45) is 0 Å². The van der Waals surface area contributed by atoms with E-state index in [1.165, 1.54) is 0 Å². The zero-order valence-corrected chi connectivity index (χ0v) is 14.0. The maximum atomic E-state index is 5.70. The number of hydrogen-bond donors (Lipinski definition) is 1. The predicted molar refractivity (Wildman–Crippen MR) is 90.4 cm³/mol. The van der Waals surface area contributed by atoms with E-state index in [1.807, 2.05) is 23.6 Å². The normalized spacial score (nSPS) is 17.2. The molecule has 25 heavy (non-hydrogen) atoms. The number of aromatic amines is 1. The molecular formula is C17H17N7O. The molecule has 8 heteroatoms. The van der Waals surface area contributed by atoms with Gasteiger partial charge in [0.1, 0.15) is 6.04 Å². The molecule has 0 bridgehead atoms. The Morgan fingerprint density at radius 2 is 2.16 bits per heavy atom. The van der Waals surface area contributed by atoms with E-state index in [2.05, 4.69) is 37.2 Å². The maximum absolute atomic E-state index is 5.70. The third-order valence-corrected chi connectivity index (χ3v) is 4.66. The van der Waals surface area contributed by atoms with Crippen LogP contribution in [-0.4, -0.2) is 36.3 Å². The Morgan fingerprint density at radius 3 is 2.96 bits per heavy atom. The lowest BCUT2D eigenvalue weighted by atomic mass is 10.0. The van der Waals surface area contributed by atoms with E-state index in [9.17, 15) is 0 Å². The van der Waals surface area contributed by atoms with Crippen LogP contribution in [0.2, 0.25) is 0 Å². The van der Waals surface area contributed by atoms with Crippen LogP contribution >= 0.6 is 0 Å². The van der Waals surface area contributed by atoms with Gasteiger partial charge in [-0.2, -0.15) is 5.10 Å². The highest BCUT2D eigenvalue weighted by Gasteiger charge is 2.35. The lowest BCUT2D eigenvalue weighted by Crippen LogP contribution is -2.37. The van der Waals surface area contributed by atoms with Gasteiger partial charge in [-0.25, -0.2) is 9.50 Å². The van der Waals surface area contributed by atoms with E-state index in [0.717, 1.165) is 41.3 Å². The summed E-state index contributed by atoms with van der Waals surface area (Å²) in [7, 11) is 0. The van der Waals surface area contributed by atoms with Crippen LogP contribution in [0.15, 0.2) is 35.0 Å². The van der Waals surface area contributed by atoms with Crippen molar-refractivity contribution < 1.29 is 4.42 Å². The molecule has 1 unspecified atom stereocenters. The highest BCUT2D eigenvalue weighted by molar-refractivity contribution is 5.52. The van der Waals surface area contributed by atoms with Gasteiger partial charge < -0.3 is 14.3 Å². The van der Waals surface area contributed by atoms with Gasteiger partial charge in [0, 0.05) is 31.3 Å². The standard InChI is InChI=1S/C17H17N7O/c1-10-4-3-5-12-8-14(22-24(10)12)16-15-13(18-9-19-15)6-7-23(16)17-21-20-11(2)25-17/h3-5,8-9,16H,6-7H2,1-2H3,(H,18,19). The summed E-state index contributed by atoms with van der Waals surface area (Å²) < 4.78 is 7.65. The second-order valence-electron chi connectivity index (χ2n) is 6.29. The van der Waals surface area contributed by atoms with Crippen molar-refractivity contribution in [3.63, 3.8) is 0 Å². The Hall–Kier alpha value is -3.16. The monoisotopic (exact) mass is 335 g/mol. The zero-order chi connectivity index (χ0) is 17.0. The van der Waals surface area contributed by atoms with Crippen molar-refractivity contribution in [2.45, 2.75) is 26.3 Å². The smallest absolute Gasteiger partial charge is 0.319 e. The molecule has 0 saturated carbocycles. The molecular weight excluding hydrogens is 318 g/mol. The second kappa shape index (κ2) is 5.17. The topological polar surface area (TPSA) is 88.1 Å². The van der Waals surface area contributed by atoms with Crippen molar-refractivity contribution in [3.05, 3.63) is 59.3 Å². The molecule has 126 valence electrons. The average Bonchev–Trinajstić information content (AvgIpc) is 3.32. The molecule has 0 aromatic carbocycles. The Morgan fingerprint density at radius 1 is 1.24 bits per heavy atom. The van der Waals surface area contributed by atoms with Crippen LogP contribution in [0.25, 0.3) is 5.52 Å². The van der Waals surface area contributed by atoms with E-state index >= 15 is 0 Å². The van der Waals surface area contributed by atoms with Gasteiger partial charge in [0.05, 0.1) is 23.2 Å². The van der Waals surface area contributed by atoms with Gasteiger partial charge in [-0.05, 0) is 25.1 Å². The molecule has 1 atom stereocenters. The third kappa shape index (κ3) is 2.14. The summed E-state index contributed by atoms with van der Waals surface area (Å²) in [5.74, 6) is 0.549. The van der Waals surface area contributed by atoms with Gasteiger partial charge in [0.25, 0.3) is 0 Å². The van der Waals surface area contributed by atoms with E-state index in [4.69, 9.17) is 9.52 Å². The molecule has 4 aromatic heterocycles. The van der Waals surface area contributed by atoms with Crippen molar-refractivity contribution in [2.75, 3.05) is 11.4 Å². The van der Waals surface area contributed by atoms with Crippen LogP contribution in [0.1, 0.15) is 34.7 Å². The van der Waals surface area contributed by atoms with Crippen LogP contribution in [0.3, 0.4) is 0 Å². The first-order valence-electron chi connectivity index (χ1n) is 8.25. The summed E-state index contributed by atoms with van der Waals surface area (Å²) in [5.41, 5.74) is 5.15. The number of H-pyrrole nitrogens is 1. The Kier molecular flexibility index (Phi) is 2.94. The van der Waals surface area contributed by atoms with Crippen molar-refractivity contribution in [1.29, 1.82) is 0 Å². The number of pyridine rings is 1. The summed E-state index contributed by atoms with van der Waals surface area (Å²) in [6, 6.07) is 8.58. The average molecular weight is 335 g/mol. The second-order valence-corrected chi connectivity index (χ2v) is 6.29. The Balaban J connectivity index is 1.69. The first kappa shape index (κ1) is 14.2. The Labute approximate surface area is 143 Å². The van der Waals surface area contributed by atoms with Gasteiger partial charge in [0.2, 0.25) is 5.89 Å². The number of aryl methyl sites for hydroxylation is 2. The molecule has 1 N–H and O–H groups in total. The van der Waals surface area contributed by atoms with Crippen LogP contribution in [0, 0.1) is 13.8 Å². The Bertz CT molecular complexity index is 1060. The predicted octanol–water partition coefficient (Wildman–Crippen LogP) is 2.21. The minimum absolute atomic E-state index is 0.158. The van der Waals surface area contributed by atoms with E-state index in [-0.39, 0.29) is 6.04 Å². The summed E-state index contributed by atoms with van der Waals surface area (Å²) in [6.07, 6.45) is 2.58. The molecule has 0 fully saturated rings. The van der Waals surface area contributed by atoms with E-state index < -0.39 is 0 Å². The van der Waals surface area contributed by atoms with Crippen LogP contribution in [0.5, 0.6) is 0 Å². The molecule has 5 rings (SSSR count). The molecule has 1 aliphatic rings. The fraction of sp³-hybridized carbons (Fsp3) is 0.294. The van der Waals surface area contributed by atoms with Crippen LogP contribution in [-0.2, 0) is 6.42 Å². The molecule has 0 saturated heterocycles. The van der Waals surface area contributed by atoms with Gasteiger partial charge in [-0.15, -0.1) is 5.10 Å². The van der Waals surface area contributed by atoms with Gasteiger partial charge in [-0.3, -0.25) is 0 Å². The van der Waals surface area contributed by atoms with Crippen molar-refractivity contribution in [1.82, 2.24) is 29.8 Å². The highest BCUT2D eigenvalue weighted by atomic mass is 16.4. The number of nitrogens with one attached hydrogen (secondary N) is 1. The molecule has 8 nitrogen and oxygen atoms in total. The number of hydrogen-bond acceptors (Lipinski definition) is 6. The summed E-state index contributed by atoms with van der Waals surface area (Å²) in [4.78, 5) is 9.88. The summed E-state index contributed by atoms with van der Waals surface area (Å²) >= 11 is 0. The maximum Gasteiger partial charge on any atom is 0.319 e. The molecule has 0 aliphatic carbocycles. The van der Waals surface area contributed by atoms with Crippen LogP contribution < -0.4 is 4.90 Å². The fourth-order valence-electron chi connectivity index (χ4n) is 3.49. The lowest BCUT2D eigenvalue weighted by Gasteiger charge is -2.32. The zero-order valence-electron chi connectivity index (χ0n) is 14.0. The SMILES string of the molecule is Cc1nnc(N2CCc3[nH]cnc3C2c2cc3cccc(C)n3n2)o1. The number of anilines is 1. The molecule has 1 aliphatic heterocycles. The number of nitrogens with zero attached hydrogens (tertiary/aromatic N) is 6. The summed E-state index contributed by atoms with van der Waals surface area (Å²) in [5, 5.41) is 13.0. The largest absolute Gasteiger partial charge is 0.408 e. The van der Waals surface area contributed by atoms with Crippen molar-refractivity contribution >= 4 is 11.5 Å². The molecule has 0 radical (unpaired) electrons. The third-order valence-electron chi connectivity index (χ3n) is 4.66. The molecule has 5 heterocycles. The van der Waals surface area contributed by atoms with Gasteiger partial charge >= 0.3 is 6.01 Å². The fourth-order valence-corrected chi connectivity index (χ4v) is 3.49. The number of aromatic nitrogens is 6. The van der Waals surface area contributed by atoms with Crippen molar-refractivity contribution in [3.8, 4) is 0 Å². The summed E-state index contributed by atoms with van der Waals surface area (Å²) in [6.45, 7) is 4.60.